The molecule has 0 nitrogen and oxygen atoms in total. The molecule has 3 fully saturated rings. The van der Waals surface area contributed by atoms with Gasteiger partial charge in [-0.05, 0) is 60.7 Å². The Morgan fingerprint density at radius 2 is 1.50 bits per heavy atom. The van der Waals surface area contributed by atoms with Gasteiger partial charge in [0.2, 0.25) is 0 Å². The van der Waals surface area contributed by atoms with Gasteiger partial charge in [-0.2, -0.15) is 0 Å². The van der Waals surface area contributed by atoms with Crippen LogP contribution in [0.25, 0.3) is 0 Å². The van der Waals surface area contributed by atoms with E-state index in [1.54, 1.807) is 19.3 Å². The Hall–Kier alpha value is 0. The third kappa shape index (κ3) is 2.35. The highest BCUT2D eigenvalue weighted by Gasteiger charge is 2.52. The molecule has 0 aromatic heterocycles. The molecule has 0 bridgehead atoms. The highest BCUT2D eigenvalue weighted by molar-refractivity contribution is 5.02. The van der Waals surface area contributed by atoms with E-state index in [1.165, 1.54) is 57.8 Å². The van der Waals surface area contributed by atoms with E-state index >= 15 is 0 Å². The van der Waals surface area contributed by atoms with Crippen molar-refractivity contribution in [2.24, 2.45) is 28.6 Å². The fourth-order valence-corrected chi connectivity index (χ4v) is 6.84. The van der Waals surface area contributed by atoms with Crippen molar-refractivity contribution in [2.45, 2.75) is 97.8 Å². The van der Waals surface area contributed by atoms with E-state index in [2.05, 4.69) is 20.8 Å². The molecular weight excluding hydrogens is 240 g/mol. The predicted molar refractivity (Wildman–Crippen MR) is 87.8 cm³/mol. The quantitative estimate of drug-likeness (QED) is 0.533. The number of hydrogen-bond acceptors (Lipinski definition) is 0. The Labute approximate surface area is 127 Å². The third-order valence-corrected chi connectivity index (χ3v) is 7.88. The van der Waals surface area contributed by atoms with Crippen molar-refractivity contribution in [1.29, 1.82) is 0 Å². The standard InChI is InChI=1S/C20H36/c1-4-20(14-8-5-9-15-20)18-13-12-16-10-6-7-11-17(16)19(18,2)3/h16-18H,4-15H2,1-3H3. The minimum Gasteiger partial charge on any atom is -0.0648 e. The highest BCUT2D eigenvalue weighted by Crippen LogP contribution is 2.62. The molecular formula is C20H36. The normalized spacial score (nSPS) is 40.0. The van der Waals surface area contributed by atoms with Gasteiger partial charge in [-0.1, -0.05) is 65.7 Å². The maximum atomic E-state index is 2.66. The van der Waals surface area contributed by atoms with Gasteiger partial charge in [-0.3, -0.25) is 0 Å². The van der Waals surface area contributed by atoms with Crippen LogP contribution < -0.4 is 0 Å². The van der Waals surface area contributed by atoms with Gasteiger partial charge in [0.15, 0.2) is 0 Å². The first-order valence-corrected chi connectivity index (χ1v) is 9.60. The first-order valence-electron chi connectivity index (χ1n) is 9.60. The number of rotatable bonds is 2. The largest absolute Gasteiger partial charge is 0.0648 e. The number of fused-ring (bicyclic) bond motifs is 1. The van der Waals surface area contributed by atoms with Crippen LogP contribution in [0.3, 0.4) is 0 Å². The molecule has 0 heteroatoms. The molecule has 3 aliphatic carbocycles. The van der Waals surface area contributed by atoms with Crippen LogP contribution in [0.2, 0.25) is 0 Å². The molecule has 0 spiro atoms. The van der Waals surface area contributed by atoms with Gasteiger partial charge < -0.3 is 0 Å². The first-order chi connectivity index (χ1) is 9.60. The van der Waals surface area contributed by atoms with Crippen LogP contribution in [0.4, 0.5) is 0 Å². The minimum absolute atomic E-state index is 0.608. The molecule has 0 amide bonds. The van der Waals surface area contributed by atoms with Gasteiger partial charge in [0.25, 0.3) is 0 Å². The van der Waals surface area contributed by atoms with E-state index in [0.29, 0.717) is 10.8 Å². The lowest BCUT2D eigenvalue weighted by atomic mass is 9.46. The van der Waals surface area contributed by atoms with Gasteiger partial charge in [0.05, 0.1) is 0 Å². The molecule has 116 valence electrons. The maximum Gasteiger partial charge on any atom is -0.0267 e. The first kappa shape index (κ1) is 14.9. The van der Waals surface area contributed by atoms with Crippen LogP contribution in [0.1, 0.15) is 97.8 Å². The summed E-state index contributed by atoms with van der Waals surface area (Å²) in [6, 6.07) is 0. The molecule has 0 aromatic carbocycles. The van der Waals surface area contributed by atoms with Crippen LogP contribution in [-0.2, 0) is 0 Å². The average molecular weight is 277 g/mol. The SMILES string of the molecule is CCC1(C2CCC3CCCCC3C2(C)C)CCCCC1. The summed E-state index contributed by atoms with van der Waals surface area (Å²) in [5, 5.41) is 0. The van der Waals surface area contributed by atoms with E-state index in [-0.39, 0.29) is 0 Å². The zero-order valence-electron chi connectivity index (χ0n) is 14.2. The van der Waals surface area contributed by atoms with E-state index in [0.717, 1.165) is 17.8 Å². The van der Waals surface area contributed by atoms with Crippen molar-refractivity contribution in [1.82, 2.24) is 0 Å². The van der Waals surface area contributed by atoms with Crippen molar-refractivity contribution >= 4 is 0 Å². The number of hydrogen-bond donors (Lipinski definition) is 0. The third-order valence-electron chi connectivity index (χ3n) is 7.88. The van der Waals surface area contributed by atoms with Gasteiger partial charge in [-0.15, -0.1) is 0 Å². The molecule has 0 heterocycles. The van der Waals surface area contributed by atoms with E-state index in [4.69, 9.17) is 0 Å². The van der Waals surface area contributed by atoms with Crippen molar-refractivity contribution in [3.8, 4) is 0 Å². The Morgan fingerprint density at radius 3 is 2.20 bits per heavy atom. The van der Waals surface area contributed by atoms with Crippen LogP contribution in [0.15, 0.2) is 0 Å². The molecule has 3 rings (SSSR count). The molecule has 0 saturated heterocycles. The lowest BCUT2D eigenvalue weighted by Gasteiger charge is -2.59. The predicted octanol–water partition coefficient (Wildman–Crippen LogP) is 6.59. The van der Waals surface area contributed by atoms with Gasteiger partial charge in [0, 0.05) is 0 Å². The van der Waals surface area contributed by atoms with Crippen LogP contribution in [0, 0.1) is 28.6 Å². The second-order valence-electron chi connectivity index (χ2n) is 8.88. The smallest absolute Gasteiger partial charge is 0.0267 e. The monoisotopic (exact) mass is 276 g/mol. The summed E-state index contributed by atoms with van der Waals surface area (Å²) in [6.45, 7) is 7.81. The molecule has 0 radical (unpaired) electrons. The van der Waals surface area contributed by atoms with E-state index in [9.17, 15) is 0 Å². The van der Waals surface area contributed by atoms with Gasteiger partial charge in [0.1, 0.15) is 0 Å². The Kier molecular flexibility index (Phi) is 4.22. The molecule has 3 aliphatic rings. The summed E-state index contributed by atoms with van der Waals surface area (Å²) in [4.78, 5) is 0. The molecule has 3 atom stereocenters. The average Bonchev–Trinajstić information content (AvgIpc) is 2.48. The van der Waals surface area contributed by atoms with Crippen LogP contribution in [0.5, 0.6) is 0 Å². The highest BCUT2D eigenvalue weighted by atomic mass is 14.6. The lowest BCUT2D eigenvalue weighted by molar-refractivity contribution is -0.0910. The second-order valence-corrected chi connectivity index (χ2v) is 8.88. The van der Waals surface area contributed by atoms with Crippen molar-refractivity contribution in [3.63, 3.8) is 0 Å². The zero-order valence-corrected chi connectivity index (χ0v) is 14.2. The van der Waals surface area contributed by atoms with Crippen molar-refractivity contribution in [2.75, 3.05) is 0 Å². The summed E-state index contributed by atoms with van der Waals surface area (Å²) in [6.07, 6.45) is 18.2. The second kappa shape index (κ2) is 5.65. The summed E-state index contributed by atoms with van der Waals surface area (Å²) >= 11 is 0. The maximum absolute atomic E-state index is 2.66. The van der Waals surface area contributed by atoms with Crippen LogP contribution in [-0.4, -0.2) is 0 Å². The van der Waals surface area contributed by atoms with Gasteiger partial charge >= 0.3 is 0 Å². The molecule has 3 saturated carbocycles. The molecule has 0 aromatic rings. The minimum atomic E-state index is 0.608. The van der Waals surface area contributed by atoms with Crippen molar-refractivity contribution in [3.05, 3.63) is 0 Å². The Morgan fingerprint density at radius 1 is 0.800 bits per heavy atom. The molecule has 0 N–H and O–H groups in total. The summed E-state index contributed by atoms with van der Waals surface area (Å²) < 4.78 is 0. The Balaban J connectivity index is 1.85. The van der Waals surface area contributed by atoms with Crippen molar-refractivity contribution < 1.29 is 0 Å². The molecule has 3 unspecified atom stereocenters. The topological polar surface area (TPSA) is 0 Å². The fourth-order valence-electron chi connectivity index (χ4n) is 6.84. The fraction of sp³-hybridized carbons (Fsp3) is 1.00. The van der Waals surface area contributed by atoms with Crippen LogP contribution >= 0.6 is 0 Å². The lowest BCUT2D eigenvalue weighted by Crippen LogP contribution is -2.50. The summed E-state index contributed by atoms with van der Waals surface area (Å²) in [5.74, 6) is 3.13. The van der Waals surface area contributed by atoms with E-state index in [1.807, 2.05) is 0 Å². The van der Waals surface area contributed by atoms with Gasteiger partial charge in [-0.25, -0.2) is 0 Å². The zero-order chi connectivity index (χ0) is 14.2. The summed E-state index contributed by atoms with van der Waals surface area (Å²) in [5.41, 5.74) is 1.32. The summed E-state index contributed by atoms with van der Waals surface area (Å²) in [7, 11) is 0. The molecule has 0 aliphatic heterocycles. The molecule has 20 heavy (non-hydrogen) atoms. The Bertz CT molecular complexity index is 321. The van der Waals surface area contributed by atoms with E-state index < -0.39 is 0 Å².